The quantitative estimate of drug-likeness (QED) is 0.148. The van der Waals surface area contributed by atoms with Crippen molar-refractivity contribution >= 4 is 25.4 Å². The lowest BCUT2D eigenvalue weighted by Gasteiger charge is -2.51. The van der Waals surface area contributed by atoms with Crippen LogP contribution in [0.1, 0.15) is 66.2 Å². The van der Waals surface area contributed by atoms with E-state index in [-0.39, 0.29) is 0 Å². The standard InChI is InChI=1S/C36H43NP2/c1-6-7-28-37(38(4,33-22-18-29(2)19-23-33)34-24-20-30(3)21-25-34)39(5)35(31-14-10-8-11-15-31)26-27-36(39)32-16-12-9-13-17-32/h8-25,35-36H,4-7,26-28H2,1-3H3/t35-,36-/m0/s1. The van der Waals surface area contributed by atoms with Crippen LogP contribution in [0.15, 0.2) is 109 Å². The predicted molar refractivity (Wildman–Crippen MR) is 175 cm³/mol. The zero-order valence-corrected chi connectivity index (χ0v) is 25.6. The molecule has 0 radical (unpaired) electrons. The summed E-state index contributed by atoms with van der Waals surface area (Å²) in [6, 6.07) is 41.0. The molecule has 1 aliphatic rings. The predicted octanol–water partition coefficient (Wildman–Crippen LogP) is 10.1. The molecule has 1 saturated heterocycles. The molecule has 0 aliphatic carbocycles. The molecule has 0 N–H and O–H groups in total. The van der Waals surface area contributed by atoms with Gasteiger partial charge < -0.3 is 0 Å². The molecule has 4 aromatic rings. The average molecular weight is 552 g/mol. The second-order valence-electron chi connectivity index (χ2n) is 11.2. The van der Waals surface area contributed by atoms with E-state index in [2.05, 4.69) is 134 Å². The number of nitrogens with zero attached hydrogens (tertiary/aromatic N) is 1. The molecular formula is C36H43NP2. The third kappa shape index (κ3) is 5.39. The monoisotopic (exact) mass is 551 g/mol. The van der Waals surface area contributed by atoms with Crippen molar-refractivity contribution in [1.82, 2.24) is 4.44 Å². The summed E-state index contributed by atoms with van der Waals surface area (Å²) in [6.45, 7) is 18.4. The first-order chi connectivity index (χ1) is 18.9. The second kappa shape index (κ2) is 12.1. The zero-order chi connectivity index (χ0) is 27.5. The maximum absolute atomic E-state index is 5.41. The molecular weight excluding hydrogens is 508 g/mol. The summed E-state index contributed by atoms with van der Waals surface area (Å²) in [6.07, 6.45) is 4.65. The van der Waals surface area contributed by atoms with Gasteiger partial charge in [0.15, 0.2) is 0 Å². The number of rotatable bonds is 9. The number of unbranched alkanes of at least 4 members (excludes halogenated alkanes) is 1. The Morgan fingerprint density at radius 3 is 1.49 bits per heavy atom. The summed E-state index contributed by atoms with van der Waals surface area (Å²) < 4.78 is 2.93. The Balaban J connectivity index is 1.77. The summed E-state index contributed by atoms with van der Waals surface area (Å²) >= 11 is 0. The van der Waals surface area contributed by atoms with Crippen LogP contribution in [-0.4, -0.2) is 11.0 Å². The van der Waals surface area contributed by atoms with Gasteiger partial charge >= 0.3 is 0 Å². The molecule has 202 valence electrons. The van der Waals surface area contributed by atoms with Crippen LogP contribution in [0.2, 0.25) is 0 Å². The molecule has 2 atom stereocenters. The van der Waals surface area contributed by atoms with Gasteiger partial charge in [-0.2, -0.15) is 6.66 Å². The second-order valence-corrected chi connectivity index (χ2v) is 18.1. The third-order valence-electron chi connectivity index (χ3n) is 8.62. The first-order valence-corrected chi connectivity index (χ1v) is 18.4. The highest BCUT2D eigenvalue weighted by atomic mass is 31.2. The van der Waals surface area contributed by atoms with Crippen LogP contribution >= 0.6 is 14.8 Å². The minimum absolute atomic E-state index is 0.429. The Bertz CT molecular complexity index is 1240. The topological polar surface area (TPSA) is 3.24 Å². The molecule has 1 nitrogen and oxygen atoms in total. The van der Waals surface area contributed by atoms with E-state index in [1.165, 1.54) is 45.7 Å². The molecule has 0 spiro atoms. The molecule has 0 saturated carbocycles. The van der Waals surface area contributed by atoms with Crippen LogP contribution in [-0.2, 0) is 0 Å². The van der Waals surface area contributed by atoms with Gasteiger partial charge in [-0.3, -0.25) is 0 Å². The largest absolute Gasteiger partial charge is 0.158 e. The maximum atomic E-state index is 5.41. The van der Waals surface area contributed by atoms with Gasteiger partial charge in [-0.05, 0) is 68.5 Å². The highest BCUT2D eigenvalue weighted by Crippen LogP contribution is 2.91. The molecule has 39 heavy (non-hydrogen) atoms. The molecule has 0 bridgehead atoms. The van der Waals surface area contributed by atoms with Crippen LogP contribution in [0.4, 0.5) is 0 Å². The first-order valence-electron chi connectivity index (χ1n) is 14.4. The Labute approximate surface area is 238 Å². The minimum atomic E-state index is -2.21. The summed E-state index contributed by atoms with van der Waals surface area (Å²) in [5.41, 5.74) is 6.33. The smallest absolute Gasteiger partial charge is 0.0906 e. The van der Waals surface area contributed by atoms with Crippen LogP contribution < -0.4 is 10.6 Å². The van der Waals surface area contributed by atoms with Crippen molar-refractivity contribution in [3.63, 3.8) is 0 Å². The van der Waals surface area contributed by atoms with Crippen LogP contribution in [0.5, 0.6) is 0 Å². The number of hydrogen-bond donors (Lipinski definition) is 0. The molecule has 1 aliphatic heterocycles. The summed E-state index contributed by atoms with van der Waals surface area (Å²) in [5, 5.41) is 2.73. The molecule has 4 aromatic carbocycles. The SMILES string of the molecule is [CH2-][P+](c1ccc(C)cc1)(c1ccc(C)cc1)N(CCCC)[P+]1([CH2-])[C@H](c2ccccc2)CC[C@H]1c1ccccc1. The van der Waals surface area contributed by atoms with E-state index in [1.807, 2.05) is 0 Å². The van der Waals surface area contributed by atoms with Gasteiger partial charge in [-0.1, -0.05) is 109 Å². The fraction of sp³-hybridized carbons (Fsp3) is 0.278. The van der Waals surface area contributed by atoms with E-state index in [9.17, 15) is 0 Å². The number of benzene rings is 4. The fourth-order valence-electron chi connectivity index (χ4n) is 6.44. The van der Waals surface area contributed by atoms with Gasteiger partial charge in [0.25, 0.3) is 0 Å². The number of aryl methyl sites for hydroxylation is 2. The van der Waals surface area contributed by atoms with E-state index in [1.54, 1.807) is 0 Å². The van der Waals surface area contributed by atoms with Crippen molar-refractivity contribution in [2.24, 2.45) is 0 Å². The lowest BCUT2D eigenvalue weighted by Crippen LogP contribution is -2.37. The normalized spacial score (nSPS) is 18.9. The third-order valence-corrected chi connectivity index (χ3v) is 18.2. The van der Waals surface area contributed by atoms with Crippen molar-refractivity contribution < 1.29 is 0 Å². The zero-order valence-electron chi connectivity index (χ0n) is 23.8. The van der Waals surface area contributed by atoms with Gasteiger partial charge in [-0.15, -0.1) is 11.1 Å². The molecule has 5 rings (SSSR count). The molecule has 0 unspecified atom stereocenters. The lowest BCUT2D eigenvalue weighted by atomic mass is 10.0. The van der Waals surface area contributed by atoms with Crippen molar-refractivity contribution in [2.45, 2.75) is 57.8 Å². The summed E-state index contributed by atoms with van der Waals surface area (Å²) in [7, 11) is -4.24. The van der Waals surface area contributed by atoms with Crippen molar-refractivity contribution in [3.8, 4) is 0 Å². The van der Waals surface area contributed by atoms with Gasteiger partial charge in [0.05, 0.1) is 35.9 Å². The molecule has 1 fully saturated rings. The highest BCUT2D eigenvalue weighted by molar-refractivity contribution is 7.97. The van der Waals surface area contributed by atoms with Gasteiger partial charge in [0.1, 0.15) is 0 Å². The summed E-state index contributed by atoms with van der Waals surface area (Å²) in [5.74, 6) is 0. The molecule has 0 aromatic heterocycles. The Morgan fingerprint density at radius 2 is 1.10 bits per heavy atom. The summed E-state index contributed by atoms with van der Waals surface area (Å²) in [4.78, 5) is 0. The molecule has 0 amide bonds. The van der Waals surface area contributed by atoms with E-state index in [0.29, 0.717) is 11.3 Å². The minimum Gasteiger partial charge on any atom is -0.158 e. The Kier molecular flexibility index (Phi) is 8.73. The van der Waals surface area contributed by atoms with E-state index in [4.69, 9.17) is 13.3 Å². The van der Waals surface area contributed by atoms with Crippen LogP contribution in [0, 0.1) is 27.2 Å². The van der Waals surface area contributed by atoms with Crippen molar-refractivity contribution in [3.05, 3.63) is 145 Å². The highest BCUT2D eigenvalue weighted by Gasteiger charge is 2.60. The van der Waals surface area contributed by atoms with Gasteiger partial charge in [0.2, 0.25) is 0 Å². The lowest BCUT2D eigenvalue weighted by molar-refractivity contribution is 0.620. The van der Waals surface area contributed by atoms with Crippen LogP contribution in [0.3, 0.4) is 0 Å². The van der Waals surface area contributed by atoms with Crippen LogP contribution in [0.25, 0.3) is 0 Å². The maximum Gasteiger partial charge on any atom is 0.0906 e. The Hall–Kier alpha value is -2.30. The van der Waals surface area contributed by atoms with Crippen molar-refractivity contribution in [1.29, 1.82) is 0 Å². The average Bonchev–Trinajstić information content (AvgIpc) is 3.32. The van der Waals surface area contributed by atoms with Crippen molar-refractivity contribution in [2.75, 3.05) is 6.54 Å². The molecule has 1 heterocycles. The van der Waals surface area contributed by atoms with E-state index < -0.39 is 14.8 Å². The van der Waals surface area contributed by atoms with Gasteiger partial charge in [0, 0.05) is 7.41 Å². The number of hydrogen-bond acceptors (Lipinski definition) is 1. The molecule has 3 heteroatoms. The van der Waals surface area contributed by atoms with E-state index >= 15 is 0 Å². The Morgan fingerprint density at radius 1 is 0.692 bits per heavy atom. The van der Waals surface area contributed by atoms with Gasteiger partial charge in [-0.25, -0.2) is 0 Å². The van der Waals surface area contributed by atoms with E-state index in [0.717, 1.165) is 19.4 Å². The fourth-order valence-corrected chi connectivity index (χ4v) is 16.8. The first kappa shape index (κ1) is 28.2.